The van der Waals surface area contributed by atoms with Gasteiger partial charge in [-0.2, -0.15) is 0 Å². The molecular formula is C7H17NO. The molecule has 56 valence electrons. The fourth-order valence-electron chi connectivity index (χ4n) is 0.452. The van der Waals surface area contributed by atoms with E-state index in [1.165, 1.54) is 0 Å². The van der Waals surface area contributed by atoms with Crippen molar-refractivity contribution >= 4 is 5.91 Å². The molecule has 0 aromatic rings. The van der Waals surface area contributed by atoms with Crippen LogP contribution in [0.4, 0.5) is 0 Å². The topological polar surface area (TPSA) is 29.1 Å². The minimum atomic E-state index is 0. The van der Waals surface area contributed by atoms with E-state index < -0.39 is 0 Å². The van der Waals surface area contributed by atoms with Crippen LogP contribution in [0, 0.1) is 5.92 Å². The van der Waals surface area contributed by atoms with E-state index >= 15 is 0 Å². The van der Waals surface area contributed by atoms with E-state index in [1.54, 1.807) is 0 Å². The highest BCUT2D eigenvalue weighted by atomic mass is 16.1. The monoisotopic (exact) mass is 131 g/mol. The summed E-state index contributed by atoms with van der Waals surface area (Å²) >= 11 is 0. The second kappa shape index (κ2) is 4.36. The normalized spacial score (nSPS) is 9.78. The Kier molecular flexibility index (Phi) is 4.10. The fourth-order valence-corrected chi connectivity index (χ4v) is 0.452. The van der Waals surface area contributed by atoms with Crippen LogP contribution >= 0.6 is 0 Å². The molecule has 0 saturated carbocycles. The number of rotatable bonds is 3. The Morgan fingerprint density at radius 2 is 2.22 bits per heavy atom. The Labute approximate surface area is 58.1 Å². The van der Waals surface area contributed by atoms with Gasteiger partial charge in [-0.1, -0.05) is 20.8 Å². The smallest absolute Gasteiger partial charge is 0.222 e. The average molecular weight is 131 g/mol. The quantitative estimate of drug-likeness (QED) is 0.616. The van der Waals surface area contributed by atoms with Crippen molar-refractivity contribution in [3.63, 3.8) is 0 Å². The van der Waals surface area contributed by atoms with Crippen LogP contribution < -0.4 is 5.32 Å². The first-order valence-corrected chi connectivity index (χ1v) is 3.46. The zero-order valence-electron chi connectivity index (χ0n) is 6.40. The Morgan fingerprint density at radius 3 is 2.56 bits per heavy atom. The lowest BCUT2D eigenvalue weighted by Gasteiger charge is -2.04. The highest BCUT2D eigenvalue weighted by molar-refractivity contribution is 5.77. The van der Waals surface area contributed by atoms with Crippen molar-refractivity contribution in [3.8, 4) is 0 Å². The summed E-state index contributed by atoms with van der Waals surface area (Å²) in [7, 11) is 0. The van der Waals surface area contributed by atoms with E-state index in [2.05, 4.69) is 5.32 Å². The van der Waals surface area contributed by atoms with Gasteiger partial charge in [0, 0.05) is 13.9 Å². The van der Waals surface area contributed by atoms with Gasteiger partial charge in [-0.05, 0) is 6.42 Å². The van der Waals surface area contributed by atoms with Crippen LogP contribution in [-0.4, -0.2) is 12.5 Å². The average Bonchev–Trinajstić information content (AvgIpc) is 1.82. The van der Waals surface area contributed by atoms with Crippen molar-refractivity contribution in [1.82, 2.24) is 5.32 Å². The number of hydrogen-bond donors (Lipinski definition) is 1. The lowest BCUT2D eigenvalue weighted by molar-refractivity contribution is -0.123. The molecule has 1 amide bonds. The molecule has 0 aliphatic heterocycles. The number of carbonyl (C=O) groups excluding carboxylic acids is 1. The molecule has 2 heteroatoms. The molecule has 0 unspecified atom stereocenters. The van der Waals surface area contributed by atoms with E-state index in [0.717, 1.165) is 13.0 Å². The third-order valence-electron chi connectivity index (χ3n) is 1.07. The lowest BCUT2D eigenvalue weighted by atomic mass is 10.2. The van der Waals surface area contributed by atoms with Gasteiger partial charge >= 0.3 is 0 Å². The van der Waals surface area contributed by atoms with Gasteiger partial charge in [0.2, 0.25) is 5.91 Å². The third kappa shape index (κ3) is 4.01. The van der Waals surface area contributed by atoms with E-state index in [4.69, 9.17) is 0 Å². The second-order valence-corrected chi connectivity index (χ2v) is 2.45. The summed E-state index contributed by atoms with van der Waals surface area (Å²) in [5.74, 6) is 0.272. The molecule has 0 aromatic heterocycles. The summed E-state index contributed by atoms with van der Waals surface area (Å²) < 4.78 is 0. The fraction of sp³-hybridized carbons (Fsp3) is 0.857. The van der Waals surface area contributed by atoms with Gasteiger partial charge < -0.3 is 5.32 Å². The molecule has 0 radical (unpaired) electrons. The maximum atomic E-state index is 10.8. The van der Waals surface area contributed by atoms with Gasteiger partial charge in [0.1, 0.15) is 0 Å². The van der Waals surface area contributed by atoms with Crippen molar-refractivity contribution in [3.05, 3.63) is 0 Å². The van der Waals surface area contributed by atoms with E-state index in [-0.39, 0.29) is 13.3 Å². The minimum absolute atomic E-state index is 0. The summed E-state index contributed by atoms with van der Waals surface area (Å²) in [5.41, 5.74) is 0. The van der Waals surface area contributed by atoms with Crippen LogP contribution in [0.25, 0.3) is 0 Å². The van der Waals surface area contributed by atoms with Crippen molar-refractivity contribution in [2.45, 2.75) is 27.2 Å². The molecule has 0 bridgehead atoms. The zero-order valence-corrected chi connectivity index (χ0v) is 6.40. The van der Waals surface area contributed by atoms with Crippen LogP contribution in [0.5, 0.6) is 0 Å². The van der Waals surface area contributed by atoms with Gasteiger partial charge in [0.05, 0.1) is 0 Å². The van der Waals surface area contributed by atoms with Gasteiger partial charge in [0.25, 0.3) is 0 Å². The summed E-state index contributed by atoms with van der Waals surface area (Å²) in [6.45, 7) is 6.63. The first-order chi connectivity index (χ1) is 4.18. The van der Waals surface area contributed by atoms with Crippen LogP contribution in [0.3, 0.4) is 0 Å². The Morgan fingerprint density at radius 1 is 1.67 bits per heavy atom. The van der Waals surface area contributed by atoms with Gasteiger partial charge in [0.15, 0.2) is 0 Å². The first-order valence-electron chi connectivity index (χ1n) is 3.46. The molecule has 9 heavy (non-hydrogen) atoms. The number of nitrogens with one attached hydrogen (secondary N) is 1. The van der Waals surface area contributed by atoms with Crippen molar-refractivity contribution in [2.24, 2.45) is 5.92 Å². The van der Waals surface area contributed by atoms with E-state index in [9.17, 15) is 4.79 Å². The first kappa shape index (κ1) is 8.47. The molecule has 0 aromatic carbocycles. The molecule has 0 saturated heterocycles. The Balaban J connectivity index is 0. The molecule has 2 nitrogen and oxygen atoms in total. The maximum Gasteiger partial charge on any atom is 0.222 e. The van der Waals surface area contributed by atoms with Crippen LogP contribution in [0.2, 0.25) is 0 Å². The number of carbonyl (C=O) groups is 1. The van der Waals surface area contributed by atoms with Crippen molar-refractivity contribution in [1.29, 1.82) is 0 Å². The number of amides is 1. The van der Waals surface area contributed by atoms with Gasteiger partial charge in [-0.25, -0.2) is 0 Å². The summed E-state index contributed by atoms with van der Waals surface area (Å²) in [4.78, 5) is 10.8. The summed E-state index contributed by atoms with van der Waals surface area (Å²) in [6.07, 6.45) is 1.01. The van der Waals surface area contributed by atoms with Gasteiger partial charge in [-0.15, -0.1) is 0 Å². The zero-order chi connectivity index (χ0) is 7.28. The molecule has 0 fully saturated rings. The molecule has 1 N–H and O–H groups in total. The van der Waals surface area contributed by atoms with E-state index in [1.807, 2.05) is 20.8 Å². The van der Waals surface area contributed by atoms with Crippen molar-refractivity contribution < 1.29 is 6.22 Å². The predicted octanol–water partition coefficient (Wildman–Crippen LogP) is 1.41. The Bertz CT molecular complexity index is 93.6. The molecule has 0 spiro atoms. The predicted molar refractivity (Wildman–Crippen MR) is 40.3 cm³/mol. The maximum absolute atomic E-state index is 10.8. The standard InChI is InChI=1S/C7H15NO.H2/c1-4-5-8-7(9)6(2)3;/h6H,4-5H2,1-3H3,(H,8,9);1H. The van der Waals surface area contributed by atoms with Gasteiger partial charge in [-0.3, -0.25) is 4.79 Å². The minimum Gasteiger partial charge on any atom is -0.356 e. The van der Waals surface area contributed by atoms with Crippen molar-refractivity contribution in [2.75, 3.05) is 6.54 Å². The lowest BCUT2D eigenvalue weighted by Crippen LogP contribution is -2.28. The van der Waals surface area contributed by atoms with Crippen LogP contribution in [-0.2, 0) is 4.79 Å². The second-order valence-electron chi connectivity index (χ2n) is 2.45. The third-order valence-corrected chi connectivity index (χ3v) is 1.07. The molecule has 0 aliphatic rings. The Hall–Kier alpha value is -0.530. The molecular weight excluding hydrogens is 114 g/mol. The largest absolute Gasteiger partial charge is 0.356 e. The van der Waals surface area contributed by atoms with Crippen LogP contribution in [0.1, 0.15) is 28.6 Å². The molecule has 0 rings (SSSR count). The highest BCUT2D eigenvalue weighted by Crippen LogP contribution is 1.89. The SMILES string of the molecule is CCCNC(=O)C(C)C.[HH]. The summed E-state index contributed by atoms with van der Waals surface area (Å²) in [5, 5.41) is 2.79. The van der Waals surface area contributed by atoms with E-state index in [0.29, 0.717) is 0 Å². The number of hydrogen-bond acceptors (Lipinski definition) is 1. The summed E-state index contributed by atoms with van der Waals surface area (Å²) in [6, 6.07) is 0. The van der Waals surface area contributed by atoms with Crippen LogP contribution in [0.15, 0.2) is 0 Å². The highest BCUT2D eigenvalue weighted by Gasteiger charge is 2.03. The molecule has 0 atom stereocenters. The molecule has 0 aliphatic carbocycles. The molecule has 0 heterocycles.